The van der Waals surface area contributed by atoms with Crippen LogP contribution in [0.1, 0.15) is 42.5 Å². The van der Waals surface area contributed by atoms with Crippen molar-refractivity contribution in [2.45, 2.75) is 32.8 Å². The predicted molar refractivity (Wildman–Crippen MR) is 100 cm³/mol. The van der Waals surface area contributed by atoms with Crippen LogP contribution in [0.15, 0.2) is 65.2 Å². The molecule has 0 atom stereocenters. The van der Waals surface area contributed by atoms with Crippen LogP contribution < -0.4 is 10.1 Å². The van der Waals surface area contributed by atoms with E-state index in [9.17, 15) is 4.79 Å². The number of carbonyl (C=O) groups is 1. The molecule has 5 heteroatoms. The van der Waals surface area contributed by atoms with Gasteiger partial charge in [-0.05, 0) is 29.8 Å². The summed E-state index contributed by atoms with van der Waals surface area (Å²) in [5.74, 6) is 1.59. The van der Waals surface area contributed by atoms with Crippen molar-refractivity contribution < 1.29 is 14.1 Å². The van der Waals surface area contributed by atoms with Gasteiger partial charge in [-0.3, -0.25) is 4.79 Å². The first-order valence-electron chi connectivity index (χ1n) is 8.47. The van der Waals surface area contributed by atoms with E-state index in [1.165, 1.54) is 0 Å². The molecule has 5 nitrogen and oxygen atoms in total. The standard InChI is InChI=1S/C21H22N2O3/c1-21(2,3)18-13-19(23-26-18)22-20(24)16-9-11-17(12-10-16)25-14-15-7-5-4-6-8-15/h4-13H,14H2,1-3H3,(H,22,23,24). The van der Waals surface area contributed by atoms with Gasteiger partial charge in [-0.15, -0.1) is 0 Å². The van der Waals surface area contributed by atoms with Crippen molar-refractivity contribution in [3.8, 4) is 5.75 Å². The fraction of sp³-hybridized carbons (Fsp3) is 0.238. The highest BCUT2D eigenvalue weighted by Crippen LogP contribution is 2.24. The first kappa shape index (κ1) is 17.7. The van der Waals surface area contributed by atoms with Gasteiger partial charge < -0.3 is 14.6 Å². The highest BCUT2D eigenvalue weighted by Gasteiger charge is 2.20. The van der Waals surface area contributed by atoms with Gasteiger partial charge in [0.2, 0.25) is 0 Å². The quantitative estimate of drug-likeness (QED) is 0.717. The van der Waals surface area contributed by atoms with Crippen molar-refractivity contribution in [1.82, 2.24) is 5.16 Å². The predicted octanol–water partition coefficient (Wildman–Crippen LogP) is 4.80. The van der Waals surface area contributed by atoms with Gasteiger partial charge in [0.05, 0.1) is 0 Å². The van der Waals surface area contributed by atoms with Crippen molar-refractivity contribution >= 4 is 11.7 Å². The second kappa shape index (κ2) is 7.44. The van der Waals surface area contributed by atoms with Crippen LogP contribution in [0.4, 0.5) is 5.82 Å². The average molecular weight is 350 g/mol. The van der Waals surface area contributed by atoms with E-state index < -0.39 is 0 Å². The molecule has 1 heterocycles. The summed E-state index contributed by atoms with van der Waals surface area (Å²) in [6.07, 6.45) is 0. The Balaban J connectivity index is 1.59. The van der Waals surface area contributed by atoms with Crippen LogP contribution in [0, 0.1) is 0 Å². The average Bonchev–Trinajstić information content (AvgIpc) is 3.10. The molecule has 134 valence electrons. The number of benzene rings is 2. The van der Waals surface area contributed by atoms with Gasteiger partial charge in [0.1, 0.15) is 18.1 Å². The molecule has 0 saturated heterocycles. The van der Waals surface area contributed by atoms with E-state index in [-0.39, 0.29) is 11.3 Å². The molecular formula is C21H22N2O3. The van der Waals surface area contributed by atoms with E-state index in [1.807, 2.05) is 51.1 Å². The van der Waals surface area contributed by atoms with Crippen LogP contribution in [-0.4, -0.2) is 11.1 Å². The molecule has 0 bridgehead atoms. The lowest BCUT2D eigenvalue weighted by Gasteiger charge is -2.12. The zero-order valence-corrected chi connectivity index (χ0v) is 15.2. The van der Waals surface area contributed by atoms with Crippen molar-refractivity contribution in [1.29, 1.82) is 0 Å². The number of hydrogen-bond acceptors (Lipinski definition) is 4. The molecule has 0 fully saturated rings. The van der Waals surface area contributed by atoms with Crippen LogP contribution in [0.3, 0.4) is 0 Å². The molecule has 0 spiro atoms. The van der Waals surface area contributed by atoms with Crippen LogP contribution in [-0.2, 0) is 12.0 Å². The lowest BCUT2D eigenvalue weighted by Crippen LogP contribution is -2.12. The number of nitrogens with zero attached hydrogens (tertiary/aromatic N) is 1. The molecule has 1 amide bonds. The number of nitrogens with one attached hydrogen (secondary N) is 1. The summed E-state index contributed by atoms with van der Waals surface area (Å²) in [4.78, 5) is 12.3. The Labute approximate surface area is 153 Å². The number of anilines is 1. The summed E-state index contributed by atoms with van der Waals surface area (Å²) >= 11 is 0. The van der Waals surface area contributed by atoms with Gasteiger partial charge in [0, 0.05) is 17.0 Å². The van der Waals surface area contributed by atoms with Gasteiger partial charge in [0.25, 0.3) is 5.91 Å². The van der Waals surface area contributed by atoms with Gasteiger partial charge in [-0.1, -0.05) is 56.3 Å². The lowest BCUT2D eigenvalue weighted by molar-refractivity contribution is 0.102. The topological polar surface area (TPSA) is 64.4 Å². The van der Waals surface area contributed by atoms with Crippen molar-refractivity contribution in [2.24, 2.45) is 0 Å². The fourth-order valence-corrected chi connectivity index (χ4v) is 2.32. The molecule has 0 radical (unpaired) electrons. The molecule has 0 aliphatic heterocycles. The lowest BCUT2D eigenvalue weighted by atomic mass is 9.93. The van der Waals surface area contributed by atoms with E-state index in [0.29, 0.717) is 23.7 Å². The summed E-state index contributed by atoms with van der Waals surface area (Å²) in [5, 5.41) is 6.64. The second-order valence-corrected chi connectivity index (χ2v) is 7.08. The van der Waals surface area contributed by atoms with Gasteiger partial charge in [0.15, 0.2) is 5.82 Å². The molecule has 2 aromatic carbocycles. The maximum Gasteiger partial charge on any atom is 0.256 e. The van der Waals surface area contributed by atoms with Crippen molar-refractivity contribution in [3.63, 3.8) is 0 Å². The summed E-state index contributed by atoms with van der Waals surface area (Å²) < 4.78 is 11.0. The third kappa shape index (κ3) is 4.51. The maximum atomic E-state index is 12.3. The monoisotopic (exact) mass is 350 g/mol. The van der Waals surface area contributed by atoms with Crippen LogP contribution >= 0.6 is 0 Å². The van der Waals surface area contributed by atoms with E-state index >= 15 is 0 Å². The molecule has 26 heavy (non-hydrogen) atoms. The van der Waals surface area contributed by atoms with Crippen LogP contribution in [0.2, 0.25) is 0 Å². The minimum atomic E-state index is -0.242. The molecule has 0 unspecified atom stereocenters. The minimum absolute atomic E-state index is 0.159. The van der Waals surface area contributed by atoms with Crippen molar-refractivity contribution in [3.05, 3.63) is 77.6 Å². The summed E-state index contributed by atoms with van der Waals surface area (Å²) in [6.45, 7) is 6.55. The Hall–Kier alpha value is -3.08. The molecule has 1 N–H and O–H groups in total. The second-order valence-electron chi connectivity index (χ2n) is 7.08. The van der Waals surface area contributed by atoms with Crippen LogP contribution in [0.5, 0.6) is 5.75 Å². The van der Waals surface area contributed by atoms with E-state index in [2.05, 4.69) is 10.5 Å². The van der Waals surface area contributed by atoms with E-state index in [0.717, 1.165) is 11.3 Å². The molecule has 0 aliphatic rings. The molecule has 0 aliphatic carbocycles. The third-order valence-electron chi connectivity index (χ3n) is 3.86. The molecule has 1 aromatic heterocycles. The Morgan fingerprint density at radius 1 is 1.08 bits per heavy atom. The van der Waals surface area contributed by atoms with Crippen LogP contribution in [0.25, 0.3) is 0 Å². The Morgan fingerprint density at radius 2 is 1.77 bits per heavy atom. The molecular weight excluding hydrogens is 328 g/mol. The first-order valence-corrected chi connectivity index (χ1v) is 8.47. The smallest absolute Gasteiger partial charge is 0.256 e. The van der Waals surface area contributed by atoms with Gasteiger partial charge in [-0.25, -0.2) is 0 Å². The number of hydrogen-bond donors (Lipinski definition) is 1. The maximum absolute atomic E-state index is 12.3. The molecule has 3 aromatic rings. The third-order valence-corrected chi connectivity index (χ3v) is 3.86. The zero-order valence-electron chi connectivity index (χ0n) is 15.2. The highest BCUT2D eigenvalue weighted by molar-refractivity contribution is 6.03. The fourth-order valence-electron chi connectivity index (χ4n) is 2.32. The largest absolute Gasteiger partial charge is 0.489 e. The van der Waals surface area contributed by atoms with E-state index in [1.54, 1.807) is 30.3 Å². The number of aromatic nitrogens is 1. The SMILES string of the molecule is CC(C)(C)c1cc(NC(=O)c2ccc(OCc3ccccc3)cc2)no1. The Bertz CT molecular complexity index is 862. The minimum Gasteiger partial charge on any atom is -0.489 e. The highest BCUT2D eigenvalue weighted by atomic mass is 16.5. The molecule has 0 saturated carbocycles. The van der Waals surface area contributed by atoms with Gasteiger partial charge >= 0.3 is 0 Å². The van der Waals surface area contributed by atoms with Crippen molar-refractivity contribution in [2.75, 3.05) is 5.32 Å². The van der Waals surface area contributed by atoms with Gasteiger partial charge in [-0.2, -0.15) is 0 Å². The number of rotatable bonds is 5. The summed E-state index contributed by atoms with van der Waals surface area (Å²) in [5.41, 5.74) is 1.46. The number of carbonyl (C=O) groups excluding carboxylic acids is 1. The summed E-state index contributed by atoms with van der Waals surface area (Å²) in [7, 11) is 0. The Morgan fingerprint density at radius 3 is 2.38 bits per heavy atom. The van der Waals surface area contributed by atoms with E-state index in [4.69, 9.17) is 9.26 Å². The summed E-state index contributed by atoms with van der Waals surface area (Å²) in [6, 6.07) is 18.7. The number of ether oxygens (including phenoxy) is 1. The normalized spacial score (nSPS) is 11.2. The molecule has 3 rings (SSSR count). The number of amides is 1. The first-order chi connectivity index (χ1) is 12.4. The Kier molecular flexibility index (Phi) is 5.07. The zero-order chi connectivity index (χ0) is 18.6.